The molecule has 2 aromatic rings. The molecular weight excluding hydrogens is 404 g/mol. The van der Waals surface area contributed by atoms with Crippen LogP contribution in [0.3, 0.4) is 0 Å². The summed E-state index contributed by atoms with van der Waals surface area (Å²) in [5.74, 6) is -0.0798. The summed E-state index contributed by atoms with van der Waals surface area (Å²) in [6.07, 6.45) is 9.06. The maximum atomic E-state index is 12.6. The van der Waals surface area contributed by atoms with E-state index in [0.29, 0.717) is 16.5 Å². The van der Waals surface area contributed by atoms with Crippen molar-refractivity contribution in [2.24, 2.45) is 5.92 Å². The monoisotopic (exact) mass is 436 g/mol. The Morgan fingerprint density at radius 3 is 2.53 bits per heavy atom. The van der Waals surface area contributed by atoms with Gasteiger partial charge in [0.25, 0.3) is 5.69 Å². The van der Waals surface area contributed by atoms with Gasteiger partial charge < -0.3 is 15.8 Å². The van der Waals surface area contributed by atoms with E-state index in [1.54, 1.807) is 12.1 Å². The fourth-order valence-electron chi connectivity index (χ4n) is 4.72. The normalized spacial score (nSPS) is 18.2. The molecule has 0 spiro atoms. The topological polar surface area (TPSA) is 88.4 Å². The smallest absolute Gasteiger partial charge is 0.321 e. The number of rotatable bonds is 6. The summed E-state index contributed by atoms with van der Waals surface area (Å²) in [5, 5.41) is 17.9. The van der Waals surface area contributed by atoms with Crippen LogP contribution in [0.15, 0.2) is 48.7 Å². The molecule has 0 radical (unpaired) electrons. The molecule has 170 valence electrons. The van der Waals surface area contributed by atoms with E-state index in [2.05, 4.69) is 15.5 Å². The predicted octanol–water partition coefficient (Wildman–Crippen LogP) is 3.23. The summed E-state index contributed by atoms with van der Waals surface area (Å²) >= 11 is 0. The molecular formula is C25H32N4O3. The van der Waals surface area contributed by atoms with Gasteiger partial charge in [0.1, 0.15) is 0 Å². The number of pyridine rings is 1. The van der Waals surface area contributed by atoms with Crippen molar-refractivity contribution < 1.29 is 14.3 Å². The Labute approximate surface area is 189 Å². The molecule has 1 saturated heterocycles. The number of nitrogens with zero attached hydrogens (tertiary/aromatic N) is 2. The van der Waals surface area contributed by atoms with Crippen molar-refractivity contribution in [3.05, 3.63) is 65.1 Å². The molecule has 7 heteroatoms. The first-order valence-electron chi connectivity index (χ1n) is 11.7. The van der Waals surface area contributed by atoms with Gasteiger partial charge in [0.15, 0.2) is 6.20 Å². The number of benzene rings is 1. The molecule has 1 saturated carbocycles. The summed E-state index contributed by atoms with van der Waals surface area (Å²) in [6.45, 7) is 2.55. The van der Waals surface area contributed by atoms with E-state index in [1.165, 1.54) is 31.5 Å². The standard InChI is InChI=1S/C25H32N4O3/c30-24(26-21-8-2-1-3-9-21)20-12-15-28(16-13-20)18-19-7-6-10-22(17-19)27-25(31)23-11-4-5-14-29(23)32/h4-7,10-11,14,17,20-21H,1-3,8-9,12-13,15-16,18H2,(H,26,30)(H,27,31). The number of likely N-dealkylation sites (tertiary alicyclic amines) is 1. The number of aromatic nitrogens is 1. The highest BCUT2D eigenvalue weighted by Gasteiger charge is 2.27. The first kappa shape index (κ1) is 22.3. The average Bonchev–Trinajstić information content (AvgIpc) is 2.81. The van der Waals surface area contributed by atoms with Gasteiger partial charge in [-0.25, -0.2) is 0 Å². The van der Waals surface area contributed by atoms with Crippen molar-refractivity contribution in [1.29, 1.82) is 0 Å². The number of amides is 2. The van der Waals surface area contributed by atoms with Crippen LogP contribution in [0.2, 0.25) is 0 Å². The van der Waals surface area contributed by atoms with Gasteiger partial charge in [-0.05, 0) is 62.5 Å². The Hall–Kier alpha value is -2.93. The van der Waals surface area contributed by atoms with E-state index in [0.717, 1.165) is 50.9 Å². The lowest BCUT2D eigenvalue weighted by Gasteiger charge is -2.32. The van der Waals surface area contributed by atoms with E-state index in [9.17, 15) is 14.8 Å². The van der Waals surface area contributed by atoms with Crippen molar-refractivity contribution >= 4 is 17.5 Å². The van der Waals surface area contributed by atoms with Crippen LogP contribution in [0.1, 0.15) is 61.0 Å². The maximum Gasteiger partial charge on any atom is 0.321 e. The second kappa shape index (κ2) is 10.6. The number of hydrogen-bond donors (Lipinski definition) is 2. The van der Waals surface area contributed by atoms with E-state index in [1.807, 2.05) is 24.3 Å². The Kier molecular flexibility index (Phi) is 7.37. The molecule has 2 heterocycles. The molecule has 0 unspecified atom stereocenters. The third kappa shape index (κ3) is 5.85. The van der Waals surface area contributed by atoms with Gasteiger partial charge in [-0.3, -0.25) is 14.5 Å². The minimum atomic E-state index is -0.428. The van der Waals surface area contributed by atoms with Crippen molar-refractivity contribution in [2.45, 2.75) is 57.5 Å². The van der Waals surface area contributed by atoms with Crippen LogP contribution < -0.4 is 15.4 Å². The number of carbonyl (C=O) groups excluding carboxylic acids is 2. The third-order valence-electron chi connectivity index (χ3n) is 6.56. The fraction of sp³-hybridized carbons (Fsp3) is 0.480. The number of piperidine rings is 1. The van der Waals surface area contributed by atoms with Gasteiger partial charge in [-0.2, -0.15) is 4.73 Å². The zero-order valence-electron chi connectivity index (χ0n) is 18.5. The van der Waals surface area contributed by atoms with Crippen LogP contribution in [0.25, 0.3) is 0 Å². The quantitative estimate of drug-likeness (QED) is 0.538. The molecule has 2 aliphatic rings. The van der Waals surface area contributed by atoms with E-state index in [-0.39, 0.29) is 17.5 Å². The van der Waals surface area contributed by atoms with Crippen molar-refractivity contribution in [2.75, 3.05) is 18.4 Å². The zero-order valence-corrected chi connectivity index (χ0v) is 18.5. The largest absolute Gasteiger partial charge is 0.618 e. The van der Waals surface area contributed by atoms with Gasteiger partial charge in [0.05, 0.1) is 0 Å². The minimum Gasteiger partial charge on any atom is -0.618 e. The van der Waals surface area contributed by atoms with E-state index in [4.69, 9.17) is 0 Å². The highest BCUT2D eigenvalue weighted by molar-refractivity contribution is 6.01. The van der Waals surface area contributed by atoms with Crippen LogP contribution in [-0.2, 0) is 11.3 Å². The van der Waals surface area contributed by atoms with Crippen molar-refractivity contribution in [1.82, 2.24) is 10.2 Å². The Morgan fingerprint density at radius 1 is 1.00 bits per heavy atom. The molecule has 2 amide bonds. The van der Waals surface area contributed by atoms with E-state index >= 15 is 0 Å². The average molecular weight is 437 g/mol. The summed E-state index contributed by atoms with van der Waals surface area (Å²) in [7, 11) is 0. The molecule has 7 nitrogen and oxygen atoms in total. The van der Waals surface area contributed by atoms with Gasteiger partial charge in [0.2, 0.25) is 5.91 Å². The van der Waals surface area contributed by atoms with Crippen LogP contribution in [0, 0.1) is 11.1 Å². The summed E-state index contributed by atoms with van der Waals surface area (Å²) in [4.78, 5) is 27.4. The van der Waals surface area contributed by atoms with Crippen LogP contribution in [-0.4, -0.2) is 35.8 Å². The molecule has 1 aliphatic heterocycles. The fourth-order valence-corrected chi connectivity index (χ4v) is 4.72. The molecule has 2 N–H and O–H groups in total. The molecule has 0 bridgehead atoms. The summed E-state index contributed by atoms with van der Waals surface area (Å²) in [6, 6.07) is 12.8. The van der Waals surface area contributed by atoms with E-state index < -0.39 is 5.91 Å². The number of hydrogen-bond acceptors (Lipinski definition) is 4. The van der Waals surface area contributed by atoms with Crippen LogP contribution in [0.4, 0.5) is 5.69 Å². The summed E-state index contributed by atoms with van der Waals surface area (Å²) in [5.41, 5.74) is 1.82. The molecule has 0 atom stereocenters. The summed E-state index contributed by atoms with van der Waals surface area (Å²) < 4.78 is 0.563. The van der Waals surface area contributed by atoms with Crippen LogP contribution >= 0.6 is 0 Å². The lowest BCUT2D eigenvalue weighted by Crippen LogP contribution is -2.44. The second-order valence-corrected chi connectivity index (χ2v) is 8.96. The number of anilines is 1. The SMILES string of the molecule is O=C(Nc1cccc(CN2CCC(C(=O)NC3CCCCC3)CC2)c1)c1cccc[n+]1[O-]. The highest BCUT2D eigenvalue weighted by atomic mass is 16.5. The Morgan fingerprint density at radius 2 is 1.78 bits per heavy atom. The number of nitrogens with one attached hydrogen (secondary N) is 2. The first-order chi connectivity index (χ1) is 15.6. The molecule has 4 rings (SSSR count). The third-order valence-corrected chi connectivity index (χ3v) is 6.56. The molecule has 2 fully saturated rings. The van der Waals surface area contributed by atoms with Gasteiger partial charge in [-0.15, -0.1) is 0 Å². The van der Waals surface area contributed by atoms with Gasteiger partial charge in [0, 0.05) is 36.3 Å². The molecule has 1 aromatic carbocycles. The number of carbonyl (C=O) groups is 2. The van der Waals surface area contributed by atoms with Crippen molar-refractivity contribution in [3.63, 3.8) is 0 Å². The lowest BCUT2D eigenvalue weighted by molar-refractivity contribution is -0.607. The van der Waals surface area contributed by atoms with Crippen molar-refractivity contribution in [3.8, 4) is 0 Å². The Balaban J connectivity index is 1.27. The molecule has 1 aliphatic carbocycles. The molecule has 1 aromatic heterocycles. The van der Waals surface area contributed by atoms with Gasteiger partial charge >= 0.3 is 5.91 Å². The zero-order chi connectivity index (χ0) is 22.3. The maximum absolute atomic E-state index is 12.6. The lowest BCUT2D eigenvalue weighted by atomic mass is 9.92. The highest BCUT2D eigenvalue weighted by Crippen LogP contribution is 2.23. The Bertz CT molecular complexity index is 934. The first-order valence-corrected chi connectivity index (χ1v) is 11.7. The predicted molar refractivity (Wildman–Crippen MR) is 123 cm³/mol. The second-order valence-electron chi connectivity index (χ2n) is 8.96. The van der Waals surface area contributed by atoms with Crippen LogP contribution in [0.5, 0.6) is 0 Å². The minimum absolute atomic E-state index is 0.0616. The molecule has 32 heavy (non-hydrogen) atoms. The van der Waals surface area contributed by atoms with Gasteiger partial charge in [-0.1, -0.05) is 31.4 Å².